The third kappa shape index (κ3) is 0.923. The van der Waals surface area contributed by atoms with Crippen molar-refractivity contribution in [3.63, 3.8) is 0 Å². The minimum atomic E-state index is 1.08. The topological polar surface area (TPSA) is 0 Å². The smallest absolute Gasteiger partial charge is 0.0350 e. The molecule has 3 rings (SSSR count). The van der Waals surface area contributed by atoms with Gasteiger partial charge in [0.2, 0.25) is 0 Å². The SMILES string of the molecule is PC[C@@H]1CCC2CC1C2. The molecule has 0 aromatic rings. The van der Waals surface area contributed by atoms with Crippen LogP contribution < -0.4 is 0 Å². The zero-order valence-corrected chi connectivity index (χ0v) is 7.00. The molecular formula is C8H15P. The van der Waals surface area contributed by atoms with E-state index in [0.717, 1.165) is 17.8 Å². The molecule has 2 atom stereocenters. The summed E-state index contributed by atoms with van der Waals surface area (Å²) >= 11 is 0. The van der Waals surface area contributed by atoms with Gasteiger partial charge < -0.3 is 0 Å². The van der Waals surface area contributed by atoms with Crippen molar-refractivity contribution in [1.29, 1.82) is 0 Å². The average molecular weight is 142 g/mol. The molecular weight excluding hydrogens is 127 g/mol. The van der Waals surface area contributed by atoms with Crippen LogP contribution in [-0.4, -0.2) is 6.16 Å². The van der Waals surface area contributed by atoms with E-state index in [2.05, 4.69) is 9.24 Å². The first kappa shape index (κ1) is 6.16. The molecule has 3 fully saturated rings. The lowest BCUT2D eigenvalue weighted by Gasteiger charge is -2.46. The molecule has 0 aromatic heterocycles. The Hall–Kier alpha value is 0.430. The molecule has 3 saturated carbocycles. The Bertz CT molecular complexity index is 102. The van der Waals surface area contributed by atoms with Crippen LogP contribution in [0.2, 0.25) is 0 Å². The highest BCUT2D eigenvalue weighted by atomic mass is 31.0. The van der Waals surface area contributed by atoms with Crippen molar-refractivity contribution >= 4 is 9.24 Å². The first-order chi connectivity index (χ1) is 4.40. The van der Waals surface area contributed by atoms with E-state index in [1.165, 1.54) is 19.0 Å². The van der Waals surface area contributed by atoms with Crippen LogP contribution >= 0.6 is 9.24 Å². The average Bonchev–Trinajstić information content (AvgIpc) is 1.86. The molecule has 3 aliphatic carbocycles. The molecule has 0 heterocycles. The Labute approximate surface area is 59.6 Å². The predicted octanol–water partition coefficient (Wildman–Crippen LogP) is 2.30. The molecule has 0 amide bonds. The molecule has 0 radical (unpaired) electrons. The van der Waals surface area contributed by atoms with E-state index in [1.807, 2.05) is 0 Å². The molecule has 0 spiro atoms. The highest BCUT2D eigenvalue weighted by Crippen LogP contribution is 2.49. The fourth-order valence-electron chi connectivity index (χ4n) is 2.40. The molecule has 3 aliphatic rings. The van der Waals surface area contributed by atoms with Gasteiger partial charge in [-0.1, -0.05) is 6.42 Å². The molecule has 0 aliphatic heterocycles. The minimum absolute atomic E-state index is 1.08. The number of rotatable bonds is 1. The van der Waals surface area contributed by atoms with E-state index in [1.54, 1.807) is 12.8 Å². The predicted molar refractivity (Wildman–Crippen MR) is 43.5 cm³/mol. The van der Waals surface area contributed by atoms with Crippen molar-refractivity contribution in [2.45, 2.75) is 25.7 Å². The summed E-state index contributed by atoms with van der Waals surface area (Å²) < 4.78 is 0. The lowest BCUT2D eigenvalue weighted by Crippen LogP contribution is -2.36. The van der Waals surface area contributed by atoms with E-state index >= 15 is 0 Å². The lowest BCUT2D eigenvalue weighted by atomic mass is 9.60. The van der Waals surface area contributed by atoms with Crippen molar-refractivity contribution in [3.8, 4) is 0 Å². The van der Waals surface area contributed by atoms with Crippen molar-refractivity contribution in [3.05, 3.63) is 0 Å². The monoisotopic (exact) mass is 142 g/mol. The van der Waals surface area contributed by atoms with E-state index in [4.69, 9.17) is 0 Å². The van der Waals surface area contributed by atoms with Crippen LogP contribution in [0.4, 0.5) is 0 Å². The maximum absolute atomic E-state index is 2.90. The quantitative estimate of drug-likeness (QED) is 0.493. The molecule has 0 nitrogen and oxygen atoms in total. The van der Waals surface area contributed by atoms with Crippen LogP contribution in [0.3, 0.4) is 0 Å². The first-order valence-electron chi connectivity index (χ1n) is 4.10. The van der Waals surface area contributed by atoms with E-state index in [-0.39, 0.29) is 0 Å². The molecule has 9 heavy (non-hydrogen) atoms. The van der Waals surface area contributed by atoms with Crippen molar-refractivity contribution in [1.82, 2.24) is 0 Å². The van der Waals surface area contributed by atoms with Gasteiger partial charge in [0.05, 0.1) is 0 Å². The van der Waals surface area contributed by atoms with Gasteiger partial charge in [0, 0.05) is 0 Å². The molecule has 1 heteroatoms. The van der Waals surface area contributed by atoms with Gasteiger partial charge in [0.1, 0.15) is 0 Å². The van der Waals surface area contributed by atoms with Crippen molar-refractivity contribution in [2.75, 3.05) is 6.16 Å². The van der Waals surface area contributed by atoms with Gasteiger partial charge >= 0.3 is 0 Å². The third-order valence-corrected chi connectivity index (χ3v) is 3.79. The summed E-state index contributed by atoms with van der Waals surface area (Å²) in [5, 5.41) is 0. The second-order valence-corrected chi connectivity index (χ2v) is 4.14. The van der Waals surface area contributed by atoms with Crippen LogP contribution in [0, 0.1) is 17.8 Å². The van der Waals surface area contributed by atoms with Crippen LogP contribution in [0.5, 0.6) is 0 Å². The zero-order valence-electron chi connectivity index (χ0n) is 5.84. The van der Waals surface area contributed by atoms with Crippen molar-refractivity contribution in [2.24, 2.45) is 17.8 Å². The summed E-state index contributed by atoms with van der Waals surface area (Å²) in [7, 11) is 2.90. The number of hydrogen-bond donors (Lipinski definition) is 0. The summed E-state index contributed by atoms with van der Waals surface area (Å²) in [6.45, 7) is 0. The lowest BCUT2D eigenvalue weighted by molar-refractivity contribution is 0.0623. The van der Waals surface area contributed by atoms with Gasteiger partial charge in [-0.3, -0.25) is 0 Å². The Kier molecular flexibility index (Phi) is 1.53. The fourth-order valence-corrected chi connectivity index (χ4v) is 3.02. The van der Waals surface area contributed by atoms with E-state index in [9.17, 15) is 0 Å². The van der Waals surface area contributed by atoms with Gasteiger partial charge in [-0.05, 0) is 43.2 Å². The van der Waals surface area contributed by atoms with Gasteiger partial charge in [-0.25, -0.2) is 0 Å². The Balaban J connectivity index is 1.94. The van der Waals surface area contributed by atoms with Crippen LogP contribution in [-0.2, 0) is 0 Å². The standard InChI is InChI=1S/C8H15P/c9-5-7-2-1-6-3-8(7)4-6/h6-8H,1-5,9H2/t6?,7-,8?/m0/s1. The highest BCUT2D eigenvalue weighted by Gasteiger charge is 2.38. The molecule has 52 valence electrons. The maximum atomic E-state index is 2.90. The summed E-state index contributed by atoms with van der Waals surface area (Å²) in [5.74, 6) is 3.38. The normalized spacial score (nSPS) is 48.3. The summed E-state index contributed by atoms with van der Waals surface area (Å²) in [4.78, 5) is 0. The molecule has 0 aromatic carbocycles. The number of fused-ring (bicyclic) bond motifs is 2. The third-order valence-electron chi connectivity index (χ3n) is 3.19. The second kappa shape index (κ2) is 2.23. The second-order valence-electron chi connectivity index (χ2n) is 3.67. The van der Waals surface area contributed by atoms with Crippen LogP contribution in [0.15, 0.2) is 0 Å². The minimum Gasteiger partial charge on any atom is -0.137 e. The zero-order chi connectivity index (χ0) is 6.27. The van der Waals surface area contributed by atoms with Gasteiger partial charge in [-0.2, -0.15) is 0 Å². The molecule has 1 unspecified atom stereocenters. The van der Waals surface area contributed by atoms with E-state index < -0.39 is 0 Å². The molecule has 2 bridgehead atoms. The van der Waals surface area contributed by atoms with Gasteiger partial charge in [-0.15, -0.1) is 9.24 Å². The summed E-state index contributed by atoms with van der Waals surface area (Å²) in [6, 6.07) is 0. The van der Waals surface area contributed by atoms with Gasteiger partial charge in [0.25, 0.3) is 0 Å². The molecule has 0 saturated heterocycles. The van der Waals surface area contributed by atoms with Crippen molar-refractivity contribution < 1.29 is 0 Å². The summed E-state index contributed by atoms with van der Waals surface area (Å²) in [6.07, 6.45) is 7.56. The van der Waals surface area contributed by atoms with Crippen LogP contribution in [0.1, 0.15) is 25.7 Å². The maximum Gasteiger partial charge on any atom is -0.0350 e. The first-order valence-corrected chi connectivity index (χ1v) is 4.92. The fraction of sp³-hybridized carbons (Fsp3) is 1.00. The largest absolute Gasteiger partial charge is 0.137 e. The number of hydrogen-bond acceptors (Lipinski definition) is 0. The van der Waals surface area contributed by atoms with E-state index in [0.29, 0.717) is 0 Å². The summed E-state index contributed by atoms with van der Waals surface area (Å²) in [5.41, 5.74) is 0. The Morgan fingerprint density at radius 3 is 2.33 bits per heavy atom. The van der Waals surface area contributed by atoms with Crippen LogP contribution in [0.25, 0.3) is 0 Å². The van der Waals surface area contributed by atoms with Gasteiger partial charge in [0.15, 0.2) is 0 Å². The Morgan fingerprint density at radius 1 is 1.22 bits per heavy atom. The highest BCUT2D eigenvalue weighted by molar-refractivity contribution is 7.16. The molecule has 0 N–H and O–H groups in total. The Morgan fingerprint density at radius 2 is 2.00 bits per heavy atom.